The van der Waals surface area contributed by atoms with Crippen LogP contribution in [0.25, 0.3) is 0 Å². The second kappa shape index (κ2) is 8.52. The highest BCUT2D eigenvalue weighted by atomic mass is 16.1. The van der Waals surface area contributed by atoms with Crippen LogP contribution < -0.4 is 16.0 Å². The topological polar surface area (TPSA) is 61.6 Å². The molecule has 0 unspecified atom stereocenters. The molecule has 1 amide bonds. The first-order valence-electron chi connectivity index (χ1n) is 7.57. The number of nitrogens with one attached hydrogen (secondary N) is 1. The molecular formula is C16H28N4O. The van der Waals surface area contributed by atoms with E-state index in [4.69, 9.17) is 5.73 Å². The van der Waals surface area contributed by atoms with Gasteiger partial charge in [-0.1, -0.05) is 6.92 Å². The summed E-state index contributed by atoms with van der Waals surface area (Å²) in [5.74, 6) is -0.0530. The molecule has 0 atom stereocenters. The third-order valence-electron chi connectivity index (χ3n) is 3.28. The minimum absolute atomic E-state index is 0.0530. The van der Waals surface area contributed by atoms with E-state index >= 15 is 0 Å². The van der Waals surface area contributed by atoms with Crippen molar-refractivity contribution in [1.29, 1.82) is 0 Å². The summed E-state index contributed by atoms with van der Waals surface area (Å²) in [4.78, 5) is 16.4. The molecule has 1 rings (SSSR count). The monoisotopic (exact) mass is 292 g/mol. The highest BCUT2D eigenvalue weighted by molar-refractivity contribution is 5.96. The summed E-state index contributed by atoms with van der Waals surface area (Å²) in [6, 6.07) is 5.49. The normalized spacial score (nSPS) is 10.7. The number of rotatable bonds is 8. The molecule has 0 radical (unpaired) electrons. The number of nitrogen functional groups attached to an aromatic ring is 1. The standard InChI is InChI=1S/C16H28N4O/c1-5-9-20(11-10-19(3)4)15-12-13(7-8-14(15)17)16(21)18-6-2/h7-8,12H,5-6,9-11,17H2,1-4H3,(H,18,21). The molecule has 5 nitrogen and oxygen atoms in total. The third kappa shape index (κ3) is 5.27. The van der Waals surface area contributed by atoms with Crippen molar-refractivity contribution in [2.45, 2.75) is 20.3 Å². The lowest BCUT2D eigenvalue weighted by Gasteiger charge is -2.27. The van der Waals surface area contributed by atoms with Gasteiger partial charge in [0.2, 0.25) is 0 Å². The van der Waals surface area contributed by atoms with Crippen LogP contribution in [0.15, 0.2) is 18.2 Å². The minimum Gasteiger partial charge on any atom is -0.397 e. The quantitative estimate of drug-likeness (QED) is 0.717. The summed E-state index contributed by atoms with van der Waals surface area (Å²) in [6.07, 6.45) is 1.04. The van der Waals surface area contributed by atoms with Crippen molar-refractivity contribution in [3.8, 4) is 0 Å². The van der Waals surface area contributed by atoms with Crippen LogP contribution >= 0.6 is 0 Å². The van der Waals surface area contributed by atoms with Crippen LogP contribution in [0, 0.1) is 0 Å². The van der Waals surface area contributed by atoms with Crippen molar-refractivity contribution in [2.24, 2.45) is 0 Å². The highest BCUT2D eigenvalue weighted by Crippen LogP contribution is 2.25. The molecule has 0 aliphatic rings. The Morgan fingerprint density at radius 3 is 2.48 bits per heavy atom. The summed E-state index contributed by atoms with van der Waals surface area (Å²) in [5.41, 5.74) is 8.44. The molecule has 0 aromatic heterocycles. The molecule has 0 bridgehead atoms. The molecule has 118 valence electrons. The van der Waals surface area contributed by atoms with Crippen molar-refractivity contribution in [1.82, 2.24) is 10.2 Å². The second-order valence-corrected chi connectivity index (χ2v) is 5.42. The maximum Gasteiger partial charge on any atom is 0.251 e. The van der Waals surface area contributed by atoms with Crippen LogP contribution in [-0.4, -0.2) is 51.1 Å². The average Bonchev–Trinajstić information content (AvgIpc) is 2.44. The number of anilines is 2. The molecule has 0 spiro atoms. The molecule has 0 saturated heterocycles. The van der Waals surface area contributed by atoms with Crippen molar-refractivity contribution < 1.29 is 4.79 Å². The molecule has 0 aliphatic heterocycles. The first-order valence-corrected chi connectivity index (χ1v) is 7.57. The van der Waals surface area contributed by atoms with Crippen molar-refractivity contribution in [3.05, 3.63) is 23.8 Å². The van der Waals surface area contributed by atoms with E-state index in [-0.39, 0.29) is 5.91 Å². The van der Waals surface area contributed by atoms with Gasteiger partial charge in [-0.25, -0.2) is 0 Å². The van der Waals surface area contributed by atoms with E-state index in [0.29, 0.717) is 12.1 Å². The van der Waals surface area contributed by atoms with Crippen LogP contribution in [0.3, 0.4) is 0 Å². The smallest absolute Gasteiger partial charge is 0.251 e. The minimum atomic E-state index is -0.0530. The lowest BCUT2D eigenvalue weighted by molar-refractivity contribution is 0.0956. The Bertz CT molecular complexity index is 460. The molecule has 0 saturated carbocycles. The molecule has 5 heteroatoms. The highest BCUT2D eigenvalue weighted by Gasteiger charge is 2.13. The lowest BCUT2D eigenvalue weighted by Crippen LogP contribution is -2.33. The summed E-state index contributed by atoms with van der Waals surface area (Å²) in [6.45, 7) is 7.45. The Morgan fingerprint density at radius 1 is 1.19 bits per heavy atom. The van der Waals surface area contributed by atoms with E-state index in [2.05, 4.69) is 36.1 Å². The number of nitrogens with two attached hydrogens (primary N) is 1. The van der Waals surface area contributed by atoms with Gasteiger partial charge in [0.1, 0.15) is 0 Å². The maximum atomic E-state index is 12.0. The van der Waals surface area contributed by atoms with Gasteiger partial charge in [-0.3, -0.25) is 4.79 Å². The number of hydrogen-bond acceptors (Lipinski definition) is 4. The number of carbonyl (C=O) groups excluding carboxylic acids is 1. The van der Waals surface area contributed by atoms with E-state index in [9.17, 15) is 4.79 Å². The van der Waals surface area contributed by atoms with Gasteiger partial charge in [0, 0.05) is 31.7 Å². The third-order valence-corrected chi connectivity index (χ3v) is 3.28. The number of carbonyl (C=O) groups is 1. The number of benzene rings is 1. The SMILES string of the molecule is CCCN(CCN(C)C)c1cc(C(=O)NCC)ccc1N. The van der Waals surface area contributed by atoms with E-state index in [1.54, 1.807) is 6.07 Å². The van der Waals surface area contributed by atoms with Crippen molar-refractivity contribution >= 4 is 17.3 Å². The van der Waals surface area contributed by atoms with Crippen LogP contribution in [0.1, 0.15) is 30.6 Å². The molecule has 0 heterocycles. The molecule has 0 aliphatic carbocycles. The van der Waals surface area contributed by atoms with Gasteiger partial charge >= 0.3 is 0 Å². The fourth-order valence-corrected chi connectivity index (χ4v) is 2.16. The molecule has 21 heavy (non-hydrogen) atoms. The molecular weight excluding hydrogens is 264 g/mol. The zero-order valence-corrected chi connectivity index (χ0v) is 13.6. The number of likely N-dealkylation sites (N-methyl/N-ethyl adjacent to an activating group) is 1. The Labute approximate surface area is 128 Å². The van der Waals surface area contributed by atoms with Crippen LogP contribution in [0.5, 0.6) is 0 Å². The first kappa shape index (κ1) is 17.3. The van der Waals surface area contributed by atoms with E-state index < -0.39 is 0 Å². The number of nitrogens with zero attached hydrogens (tertiary/aromatic N) is 2. The van der Waals surface area contributed by atoms with Gasteiger partial charge in [-0.05, 0) is 45.6 Å². The fourth-order valence-electron chi connectivity index (χ4n) is 2.16. The van der Waals surface area contributed by atoms with Gasteiger partial charge in [0.05, 0.1) is 11.4 Å². The predicted molar refractivity (Wildman–Crippen MR) is 89.9 cm³/mol. The Balaban J connectivity index is 2.99. The van der Waals surface area contributed by atoms with Gasteiger partial charge in [-0.2, -0.15) is 0 Å². The van der Waals surface area contributed by atoms with Crippen LogP contribution in [0.2, 0.25) is 0 Å². The van der Waals surface area contributed by atoms with Crippen LogP contribution in [-0.2, 0) is 0 Å². The largest absolute Gasteiger partial charge is 0.397 e. The van der Waals surface area contributed by atoms with Gasteiger partial charge < -0.3 is 20.9 Å². The number of amides is 1. The van der Waals surface area contributed by atoms with Gasteiger partial charge in [0.15, 0.2) is 0 Å². The Morgan fingerprint density at radius 2 is 1.90 bits per heavy atom. The molecule has 1 aromatic carbocycles. The Kier molecular flexibility index (Phi) is 7.02. The number of hydrogen-bond donors (Lipinski definition) is 2. The zero-order valence-electron chi connectivity index (χ0n) is 13.6. The fraction of sp³-hybridized carbons (Fsp3) is 0.562. The van der Waals surface area contributed by atoms with Gasteiger partial charge in [0.25, 0.3) is 5.91 Å². The Hall–Kier alpha value is -1.75. The molecule has 3 N–H and O–H groups in total. The molecule has 1 aromatic rings. The molecule has 0 fully saturated rings. The summed E-state index contributed by atoms with van der Waals surface area (Å²) in [5, 5.41) is 2.82. The maximum absolute atomic E-state index is 12.0. The van der Waals surface area contributed by atoms with E-state index in [1.807, 2.05) is 19.1 Å². The lowest BCUT2D eigenvalue weighted by atomic mass is 10.1. The average molecular weight is 292 g/mol. The van der Waals surface area contributed by atoms with Crippen molar-refractivity contribution in [3.63, 3.8) is 0 Å². The van der Waals surface area contributed by atoms with Gasteiger partial charge in [-0.15, -0.1) is 0 Å². The zero-order chi connectivity index (χ0) is 15.8. The van der Waals surface area contributed by atoms with Crippen molar-refractivity contribution in [2.75, 3.05) is 50.9 Å². The second-order valence-electron chi connectivity index (χ2n) is 5.42. The van der Waals surface area contributed by atoms with E-state index in [0.717, 1.165) is 37.4 Å². The van der Waals surface area contributed by atoms with E-state index in [1.165, 1.54) is 0 Å². The van der Waals surface area contributed by atoms with Crippen LogP contribution in [0.4, 0.5) is 11.4 Å². The summed E-state index contributed by atoms with van der Waals surface area (Å²) in [7, 11) is 4.11. The first-order chi connectivity index (χ1) is 9.99. The summed E-state index contributed by atoms with van der Waals surface area (Å²) < 4.78 is 0. The summed E-state index contributed by atoms with van der Waals surface area (Å²) >= 11 is 0. The predicted octanol–water partition coefficient (Wildman–Crippen LogP) is 1.80.